The van der Waals surface area contributed by atoms with Gasteiger partial charge in [0.05, 0.1) is 22.7 Å². The van der Waals surface area contributed by atoms with E-state index in [4.69, 9.17) is 34.8 Å². The predicted octanol–water partition coefficient (Wildman–Crippen LogP) is 2.59. The number of benzene rings is 1. The van der Waals surface area contributed by atoms with E-state index in [-0.39, 0.29) is 12.6 Å². The topological polar surface area (TPSA) is 35.5 Å². The highest BCUT2D eigenvalue weighted by atomic mass is 35.5. The molecule has 6 heteroatoms. The van der Waals surface area contributed by atoms with Gasteiger partial charge < -0.3 is 10.4 Å². The molecule has 1 aliphatic heterocycles. The number of rotatable bonds is 3. The van der Waals surface area contributed by atoms with Gasteiger partial charge in [0.25, 0.3) is 0 Å². The second-order valence-corrected chi connectivity index (χ2v) is 5.50. The summed E-state index contributed by atoms with van der Waals surface area (Å²) in [7, 11) is 0. The average molecular weight is 310 g/mol. The summed E-state index contributed by atoms with van der Waals surface area (Å²) in [5, 5.41) is 14.3. The van der Waals surface area contributed by atoms with Crippen LogP contribution in [0.1, 0.15) is 11.6 Å². The van der Waals surface area contributed by atoms with Gasteiger partial charge in [-0.05, 0) is 17.7 Å². The van der Waals surface area contributed by atoms with E-state index in [0.717, 1.165) is 31.7 Å². The minimum atomic E-state index is -0.157. The largest absolute Gasteiger partial charge is 0.394 e. The van der Waals surface area contributed by atoms with E-state index in [2.05, 4.69) is 10.2 Å². The number of piperazine rings is 1. The molecule has 0 unspecified atom stereocenters. The summed E-state index contributed by atoms with van der Waals surface area (Å²) in [6, 6.07) is 3.23. The average Bonchev–Trinajstić information content (AvgIpc) is 2.37. The molecule has 1 aromatic rings. The number of nitrogens with one attached hydrogen (secondary N) is 1. The fraction of sp³-hybridized carbons (Fsp3) is 0.500. The molecule has 1 aliphatic rings. The van der Waals surface area contributed by atoms with Crippen molar-refractivity contribution < 1.29 is 5.11 Å². The first-order chi connectivity index (χ1) is 8.63. The maximum atomic E-state index is 9.63. The van der Waals surface area contributed by atoms with E-state index in [9.17, 15) is 5.11 Å². The Labute approximate surface area is 122 Å². The van der Waals surface area contributed by atoms with Crippen molar-refractivity contribution in [1.82, 2.24) is 10.2 Å². The predicted molar refractivity (Wildman–Crippen MR) is 75.7 cm³/mol. The third kappa shape index (κ3) is 3.10. The SMILES string of the molecule is OC[C@@H](c1cc(Cl)cc(Cl)c1Cl)N1CCNCC1. The van der Waals surface area contributed by atoms with Gasteiger partial charge in [0.2, 0.25) is 0 Å². The first-order valence-corrected chi connectivity index (χ1v) is 6.97. The number of aliphatic hydroxyl groups excluding tert-OH is 1. The quantitative estimate of drug-likeness (QED) is 0.843. The van der Waals surface area contributed by atoms with Crippen LogP contribution in [0.5, 0.6) is 0 Å². The zero-order valence-electron chi connectivity index (χ0n) is 9.80. The van der Waals surface area contributed by atoms with Crippen LogP contribution in [-0.2, 0) is 0 Å². The monoisotopic (exact) mass is 308 g/mol. The molecule has 0 aliphatic carbocycles. The minimum absolute atomic E-state index is 0.00358. The Kier molecular flexibility index (Phi) is 5.13. The maximum Gasteiger partial charge on any atom is 0.0642 e. The second-order valence-electron chi connectivity index (χ2n) is 4.28. The number of nitrogens with zero attached hydrogens (tertiary/aromatic N) is 1. The first-order valence-electron chi connectivity index (χ1n) is 5.83. The van der Waals surface area contributed by atoms with Crippen molar-refractivity contribution in [3.05, 3.63) is 32.8 Å². The van der Waals surface area contributed by atoms with Gasteiger partial charge in [0, 0.05) is 31.2 Å². The highest BCUT2D eigenvalue weighted by molar-refractivity contribution is 6.43. The van der Waals surface area contributed by atoms with Crippen LogP contribution in [0.3, 0.4) is 0 Å². The number of aliphatic hydroxyl groups is 1. The lowest BCUT2D eigenvalue weighted by Gasteiger charge is -2.34. The summed E-state index contributed by atoms with van der Waals surface area (Å²) in [5.41, 5.74) is 0.790. The van der Waals surface area contributed by atoms with E-state index in [1.165, 1.54) is 0 Å². The van der Waals surface area contributed by atoms with Gasteiger partial charge in [-0.25, -0.2) is 0 Å². The van der Waals surface area contributed by atoms with E-state index in [0.29, 0.717) is 15.1 Å². The van der Waals surface area contributed by atoms with Crippen molar-refractivity contribution in [3.63, 3.8) is 0 Å². The first kappa shape index (κ1) is 14.4. The van der Waals surface area contributed by atoms with E-state index >= 15 is 0 Å². The van der Waals surface area contributed by atoms with Crippen LogP contribution in [0, 0.1) is 0 Å². The van der Waals surface area contributed by atoms with Crippen LogP contribution in [0.4, 0.5) is 0 Å². The smallest absolute Gasteiger partial charge is 0.0642 e. The van der Waals surface area contributed by atoms with Crippen molar-refractivity contribution in [2.75, 3.05) is 32.8 Å². The van der Waals surface area contributed by atoms with Gasteiger partial charge >= 0.3 is 0 Å². The summed E-state index contributed by atoms with van der Waals surface area (Å²) < 4.78 is 0. The Bertz CT molecular complexity index is 422. The Morgan fingerprint density at radius 3 is 2.50 bits per heavy atom. The molecule has 2 N–H and O–H groups in total. The van der Waals surface area contributed by atoms with E-state index in [1.54, 1.807) is 12.1 Å². The van der Waals surface area contributed by atoms with Gasteiger partial charge in [-0.2, -0.15) is 0 Å². The van der Waals surface area contributed by atoms with Crippen molar-refractivity contribution in [2.24, 2.45) is 0 Å². The lowest BCUT2D eigenvalue weighted by atomic mass is 10.1. The Morgan fingerprint density at radius 2 is 1.89 bits per heavy atom. The van der Waals surface area contributed by atoms with Crippen LogP contribution in [0.25, 0.3) is 0 Å². The minimum Gasteiger partial charge on any atom is -0.394 e. The molecule has 18 heavy (non-hydrogen) atoms. The zero-order valence-corrected chi connectivity index (χ0v) is 12.1. The summed E-state index contributed by atoms with van der Waals surface area (Å²) >= 11 is 18.3. The molecule has 1 atom stereocenters. The normalized spacial score (nSPS) is 18.9. The van der Waals surface area contributed by atoms with Gasteiger partial charge in [-0.15, -0.1) is 0 Å². The van der Waals surface area contributed by atoms with Crippen molar-refractivity contribution >= 4 is 34.8 Å². The Hall–Kier alpha value is -0.0300. The summed E-state index contributed by atoms with van der Waals surface area (Å²) in [4.78, 5) is 2.18. The van der Waals surface area contributed by atoms with Crippen molar-refractivity contribution in [2.45, 2.75) is 6.04 Å². The van der Waals surface area contributed by atoms with Crippen LogP contribution < -0.4 is 5.32 Å². The van der Waals surface area contributed by atoms with E-state index < -0.39 is 0 Å². The summed E-state index contributed by atoms with van der Waals surface area (Å²) in [6.07, 6.45) is 0. The fourth-order valence-electron chi connectivity index (χ4n) is 2.22. The molecule has 100 valence electrons. The molecule has 0 amide bonds. The molecule has 0 saturated carbocycles. The van der Waals surface area contributed by atoms with E-state index in [1.807, 2.05) is 0 Å². The third-order valence-corrected chi connectivity index (χ3v) is 4.18. The van der Waals surface area contributed by atoms with Crippen LogP contribution >= 0.6 is 34.8 Å². The number of halogens is 3. The third-order valence-electron chi connectivity index (χ3n) is 3.15. The van der Waals surface area contributed by atoms with Gasteiger partial charge in [0.15, 0.2) is 0 Å². The molecule has 0 radical (unpaired) electrons. The van der Waals surface area contributed by atoms with Crippen LogP contribution in [-0.4, -0.2) is 42.8 Å². The van der Waals surface area contributed by atoms with Crippen LogP contribution in [0.2, 0.25) is 15.1 Å². The molecule has 1 saturated heterocycles. The molecule has 0 spiro atoms. The molecule has 2 rings (SSSR count). The summed E-state index contributed by atoms with van der Waals surface area (Å²) in [5.74, 6) is 0. The standard InChI is InChI=1S/C12H15Cl3N2O/c13-8-5-9(12(15)10(14)6-8)11(7-18)17-3-1-16-2-4-17/h5-6,11,16,18H,1-4,7H2/t11-/m0/s1. The lowest BCUT2D eigenvalue weighted by Crippen LogP contribution is -2.46. The molecular formula is C12H15Cl3N2O. The van der Waals surface area contributed by atoms with Crippen LogP contribution in [0.15, 0.2) is 12.1 Å². The number of hydrogen-bond donors (Lipinski definition) is 2. The lowest BCUT2D eigenvalue weighted by molar-refractivity contribution is 0.111. The molecular weight excluding hydrogens is 295 g/mol. The second kappa shape index (κ2) is 6.42. The molecule has 1 fully saturated rings. The Balaban J connectivity index is 2.31. The van der Waals surface area contributed by atoms with Crippen molar-refractivity contribution in [3.8, 4) is 0 Å². The Morgan fingerprint density at radius 1 is 1.22 bits per heavy atom. The molecule has 0 aromatic heterocycles. The van der Waals surface area contributed by atoms with Gasteiger partial charge in [0.1, 0.15) is 0 Å². The highest BCUT2D eigenvalue weighted by Gasteiger charge is 2.24. The highest BCUT2D eigenvalue weighted by Crippen LogP contribution is 2.35. The molecule has 1 aromatic carbocycles. The maximum absolute atomic E-state index is 9.63. The van der Waals surface area contributed by atoms with Gasteiger partial charge in [-0.1, -0.05) is 34.8 Å². The summed E-state index contributed by atoms with van der Waals surface area (Å²) in [6.45, 7) is 3.54. The van der Waals surface area contributed by atoms with Gasteiger partial charge in [-0.3, -0.25) is 4.90 Å². The zero-order chi connectivity index (χ0) is 13.1. The molecule has 1 heterocycles. The fourth-order valence-corrected chi connectivity index (χ4v) is 2.97. The number of hydrogen-bond acceptors (Lipinski definition) is 3. The molecule has 3 nitrogen and oxygen atoms in total. The van der Waals surface area contributed by atoms with Crippen molar-refractivity contribution in [1.29, 1.82) is 0 Å². The molecule has 0 bridgehead atoms.